The Bertz CT molecular complexity index is 769. The zero-order chi connectivity index (χ0) is 13.9. The Morgan fingerprint density at radius 3 is 2.50 bits per heavy atom. The number of amides is 1. The highest BCUT2D eigenvalue weighted by atomic mass is 16.1. The molecule has 0 saturated heterocycles. The van der Waals surface area contributed by atoms with E-state index in [1.165, 1.54) is 0 Å². The largest absolute Gasteiger partial charge is 0.384 e. The van der Waals surface area contributed by atoms with Crippen LogP contribution in [0, 0.1) is 0 Å². The lowest BCUT2D eigenvalue weighted by Crippen LogP contribution is -2.13. The molecule has 1 heterocycles. The molecule has 20 heavy (non-hydrogen) atoms. The molecule has 0 radical (unpaired) electrons. The zero-order valence-corrected chi connectivity index (χ0v) is 10.7. The maximum atomic E-state index is 12.4. The minimum Gasteiger partial charge on any atom is -0.384 e. The molecule has 0 aliphatic heterocycles. The van der Waals surface area contributed by atoms with E-state index in [9.17, 15) is 4.79 Å². The molecule has 0 spiro atoms. The fraction of sp³-hybridized carbons (Fsp3) is 0. The number of benzene rings is 2. The van der Waals surface area contributed by atoms with Crippen LogP contribution >= 0.6 is 0 Å². The van der Waals surface area contributed by atoms with Crippen LogP contribution in [-0.4, -0.2) is 10.9 Å². The third-order valence-electron chi connectivity index (χ3n) is 3.01. The van der Waals surface area contributed by atoms with Gasteiger partial charge in [-0.2, -0.15) is 0 Å². The van der Waals surface area contributed by atoms with Crippen molar-refractivity contribution in [1.82, 2.24) is 4.98 Å². The molecule has 0 saturated carbocycles. The summed E-state index contributed by atoms with van der Waals surface area (Å²) in [6.07, 6.45) is 0. The summed E-state index contributed by atoms with van der Waals surface area (Å²) in [5.74, 6) is 0.142. The number of nitrogens with zero attached hydrogens (tertiary/aromatic N) is 1. The second kappa shape index (κ2) is 5.01. The molecule has 1 aromatic heterocycles. The van der Waals surface area contributed by atoms with Crippen LogP contribution in [0.2, 0.25) is 0 Å². The van der Waals surface area contributed by atoms with Crippen LogP contribution in [0.4, 0.5) is 11.5 Å². The number of carbonyl (C=O) groups is 1. The second-order valence-corrected chi connectivity index (χ2v) is 4.43. The maximum Gasteiger partial charge on any atom is 0.256 e. The van der Waals surface area contributed by atoms with Gasteiger partial charge in [0.15, 0.2) is 0 Å². The van der Waals surface area contributed by atoms with Crippen molar-refractivity contribution in [3.63, 3.8) is 0 Å². The van der Waals surface area contributed by atoms with E-state index in [4.69, 9.17) is 5.73 Å². The average molecular weight is 263 g/mol. The summed E-state index contributed by atoms with van der Waals surface area (Å²) in [6, 6.07) is 18.4. The number of fused-ring (bicyclic) bond motifs is 1. The number of hydrogen-bond acceptors (Lipinski definition) is 3. The SMILES string of the molecule is Nc1cc(C(=O)Nc2ccccc2)c2ccccc2n1. The summed E-state index contributed by atoms with van der Waals surface area (Å²) >= 11 is 0. The van der Waals surface area contributed by atoms with Crippen molar-refractivity contribution in [2.45, 2.75) is 0 Å². The lowest BCUT2D eigenvalue weighted by Gasteiger charge is -2.08. The van der Waals surface area contributed by atoms with Gasteiger partial charge in [0.2, 0.25) is 0 Å². The molecular weight excluding hydrogens is 250 g/mol. The summed E-state index contributed by atoms with van der Waals surface area (Å²) in [4.78, 5) is 16.6. The first kappa shape index (κ1) is 12.2. The Morgan fingerprint density at radius 2 is 1.70 bits per heavy atom. The van der Waals surface area contributed by atoms with Gasteiger partial charge in [-0.15, -0.1) is 0 Å². The van der Waals surface area contributed by atoms with Crippen molar-refractivity contribution in [2.24, 2.45) is 0 Å². The smallest absolute Gasteiger partial charge is 0.256 e. The first-order chi connectivity index (χ1) is 9.74. The number of carbonyl (C=O) groups excluding carboxylic acids is 1. The van der Waals surface area contributed by atoms with Crippen LogP contribution < -0.4 is 11.1 Å². The van der Waals surface area contributed by atoms with Crippen molar-refractivity contribution in [2.75, 3.05) is 11.1 Å². The first-order valence-electron chi connectivity index (χ1n) is 6.26. The van der Waals surface area contributed by atoms with E-state index in [2.05, 4.69) is 10.3 Å². The van der Waals surface area contributed by atoms with E-state index >= 15 is 0 Å². The molecule has 98 valence electrons. The molecule has 0 unspecified atom stereocenters. The van der Waals surface area contributed by atoms with Gasteiger partial charge in [-0.3, -0.25) is 4.79 Å². The van der Waals surface area contributed by atoms with Gasteiger partial charge in [-0.1, -0.05) is 36.4 Å². The molecule has 0 aliphatic carbocycles. The minimum atomic E-state index is -0.193. The number of nitrogens with one attached hydrogen (secondary N) is 1. The maximum absolute atomic E-state index is 12.4. The molecule has 3 aromatic rings. The number of rotatable bonds is 2. The molecule has 0 atom stereocenters. The molecule has 0 bridgehead atoms. The molecule has 3 N–H and O–H groups in total. The monoisotopic (exact) mass is 263 g/mol. The second-order valence-electron chi connectivity index (χ2n) is 4.43. The van der Waals surface area contributed by atoms with Crippen LogP contribution in [0.25, 0.3) is 10.9 Å². The number of pyridine rings is 1. The van der Waals surface area contributed by atoms with Crippen molar-refractivity contribution in [3.8, 4) is 0 Å². The predicted octanol–water partition coefficient (Wildman–Crippen LogP) is 3.07. The molecule has 3 rings (SSSR count). The van der Waals surface area contributed by atoms with E-state index in [1.54, 1.807) is 6.07 Å². The van der Waals surface area contributed by atoms with E-state index < -0.39 is 0 Å². The van der Waals surface area contributed by atoms with Gasteiger partial charge in [0.05, 0.1) is 11.1 Å². The van der Waals surface area contributed by atoms with Crippen molar-refractivity contribution < 1.29 is 4.79 Å². The van der Waals surface area contributed by atoms with Gasteiger partial charge in [0, 0.05) is 11.1 Å². The van der Waals surface area contributed by atoms with Crippen LogP contribution in [0.3, 0.4) is 0 Å². The number of nitrogens with two attached hydrogens (primary N) is 1. The highest BCUT2D eigenvalue weighted by Crippen LogP contribution is 2.20. The molecule has 4 nitrogen and oxygen atoms in total. The lowest BCUT2D eigenvalue weighted by atomic mass is 10.1. The number of aromatic nitrogens is 1. The van der Waals surface area contributed by atoms with Crippen molar-refractivity contribution in [1.29, 1.82) is 0 Å². The van der Waals surface area contributed by atoms with Gasteiger partial charge >= 0.3 is 0 Å². The molecular formula is C16H13N3O. The van der Waals surface area contributed by atoms with Gasteiger partial charge in [0.25, 0.3) is 5.91 Å². The van der Waals surface area contributed by atoms with E-state index in [0.717, 1.165) is 11.1 Å². The quantitative estimate of drug-likeness (QED) is 0.746. The summed E-state index contributed by atoms with van der Waals surface area (Å²) in [5.41, 5.74) is 7.75. The number of anilines is 2. The molecule has 4 heteroatoms. The highest BCUT2D eigenvalue weighted by Gasteiger charge is 2.12. The minimum absolute atomic E-state index is 0.193. The van der Waals surface area contributed by atoms with Gasteiger partial charge in [-0.25, -0.2) is 4.98 Å². The Balaban J connectivity index is 2.03. The van der Waals surface area contributed by atoms with Crippen LogP contribution in [0.5, 0.6) is 0 Å². The van der Waals surface area contributed by atoms with E-state index in [0.29, 0.717) is 16.9 Å². The Hall–Kier alpha value is -2.88. The fourth-order valence-electron chi connectivity index (χ4n) is 2.10. The summed E-state index contributed by atoms with van der Waals surface area (Å²) in [5, 5.41) is 3.64. The third kappa shape index (κ3) is 2.31. The van der Waals surface area contributed by atoms with Crippen LogP contribution in [-0.2, 0) is 0 Å². The standard InChI is InChI=1S/C16H13N3O/c17-15-10-13(12-8-4-5-9-14(12)19-15)16(20)18-11-6-2-1-3-7-11/h1-10H,(H2,17,19)(H,18,20). The Morgan fingerprint density at radius 1 is 1.00 bits per heavy atom. The Kier molecular flexibility index (Phi) is 3.05. The van der Waals surface area contributed by atoms with Crippen molar-refractivity contribution in [3.05, 3.63) is 66.2 Å². The number of para-hydroxylation sites is 2. The molecule has 2 aromatic carbocycles. The normalized spacial score (nSPS) is 10.4. The summed E-state index contributed by atoms with van der Waals surface area (Å²) in [7, 11) is 0. The van der Waals surface area contributed by atoms with Crippen molar-refractivity contribution >= 4 is 28.3 Å². The lowest BCUT2D eigenvalue weighted by molar-refractivity contribution is 0.102. The summed E-state index contributed by atoms with van der Waals surface area (Å²) in [6.45, 7) is 0. The van der Waals surface area contributed by atoms with E-state index in [-0.39, 0.29) is 5.91 Å². The van der Waals surface area contributed by atoms with Gasteiger partial charge < -0.3 is 11.1 Å². The van der Waals surface area contributed by atoms with Crippen LogP contribution in [0.15, 0.2) is 60.7 Å². The first-order valence-corrected chi connectivity index (χ1v) is 6.26. The van der Waals surface area contributed by atoms with Gasteiger partial charge in [-0.05, 0) is 24.3 Å². The molecule has 1 amide bonds. The highest BCUT2D eigenvalue weighted by molar-refractivity contribution is 6.12. The fourth-order valence-corrected chi connectivity index (χ4v) is 2.10. The third-order valence-corrected chi connectivity index (χ3v) is 3.01. The van der Waals surface area contributed by atoms with Crippen LogP contribution in [0.1, 0.15) is 10.4 Å². The molecule has 0 aliphatic rings. The topological polar surface area (TPSA) is 68.0 Å². The summed E-state index contributed by atoms with van der Waals surface area (Å²) < 4.78 is 0. The molecule has 0 fully saturated rings. The zero-order valence-electron chi connectivity index (χ0n) is 10.7. The van der Waals surface area contributed by atoms with Gasteiger partial charge in [0.1, 0.15) is 5.82 Å². The van der Waals surface area contributed by atoms with E-state index in [1.807, 2.05) is 54.6 Å². The number of nitrogen functional groups attached to an aromatic ring is 1. The predicted molar refractivity (Wildman–Crippen MR) is 80.6 cm³/mol. The number of hydrogen-bond donors (Lipinski definition) is 2. The Labute approximate surface area is 116 Å². The average Bonchev–Trinajstić information content (AvgIpc) is 2.47.